The van der Waals surface area contributed by atoms with Crippen LogP contribution in [0.1, 0.15) is 10.5 Å². The smallest absolute Gasteiger partial charge is 0.383 e. The van der Waals surface area contributed by atoms with Gasteiger partial charge in [-0.05, 0) is 12.1 Å². The van der Waals surface area contributed by atoms with E-state index < -0.39 is 29.9 Å². The molecule has 1 amide bonds. The summed E-state index contributed by atoms with van der Waals surface area (Å²) < 4.78 is 42.6. The Hall–Kier alpha value is -2.49. The highest BCUT2D eigenvalue weighted by molar-refractivity contribution is 5.93. The van der Waals surface area contributed by atoms with Crippen LogP contribution in [0.4, 0.5) is 13.2 Å². The van der Waals surface area contributed by atoms with E-state index in [0.29, 0.717) is 0 Å². The first-order valence-electron chi connectivity index (χ1n) is 6.53. The average Bonchev–Trinajstić information content (AvgIpc) is 2.50. The summed E-state index contributed by atoms with van der Waals surface area (Å²) in [5.74, 6) is -1.19. The number of hydrogen-bond donors (Lipinski definition) is 1. The summed E-state index contributed by atoms with van der Waals surface area (Å²) in [6, 6.07) is 3.05. The molecule has 0 unspecified atom stereocenters. The minimum absolute atomic E-state index is 0.0882. The van der Waals surface area contributed by atoms with Gasteiger partial charge in [0.2, 0.25) is 0 Å². The molecular formula is C13H13F3N4O3. The number of alkyl halides is 3. The quantitative estimate of drug-likeness (QED) is 0.873. The van der Waals surface area contributed by atoms with Crippen LogP contribution in [-0.2, 0) is 11.3 Å². The van der Waals surface area contributed by atoms with Crippen molar-refractivity contribution in [1.29, 1.82) is 0 Å². The van der Waals surface area contributed by atoms with E-state index in [1.807, 2.05) is 0 Å². The van der Waals surface area contributed by atoms with Crippen molar-refractivity contribution in [3.63, 3.8) is 0 Å². The van der Waals surface area contributed by atoms with E-state index in [9.17, 15) is 22.8 Å². The molecule has 0 saturated heterocycles. The Kier molecular flexibility index (Phi) is 4.94. The average molecular weight is 330 g/mol. The van der Waals surface area contributed by atoms with Gasteiger partial charge < -0.3 is 10.1 Å². The molecule has 0 saturated carbocycles. The van der Waals surface area contributed by atoms with Gasteiger partial charge in [-0.15, -0.1) is 0 Å². The summed E-state index contributed by atoms with van der Waals surface area (Å²) in [4.78, 5) is 32.0. The number of nitrogens with zero attached hydrogens (tertiary/aromatic N) is 3. The van der Waals surface area contributed by atoms with Gasteiger partial charge in [0.05, 0.1) is 13.2 Å². The fourth-order valence-electron chi connectivity index (χ4n) is 1.88. The van der Waals surface area contributed by atoms with Gasteiger partial charge in [0.25, 0.3) is 11.5 Å². The molecule has 0 spiro atoms. The Morgan fingerprint density at radius 1 is 1.43 bits per heavy atom. The Morgan fingerprint density at radius 3 is 2.83 bits per heavy atom. The van der Waals surface area contributed by atoms with E-state index in [1.165, 1.54) is 25.4 Å². The van der Waals surface area contributed by atoms with Crippen molar-refractivity contribution in [1.82, 2.24) is 19.9 Å². The first-order chi connectivity index (χ1) is 10.8. The van der Waals surface area contributed by atoms with Gasteiger partial charge in [0.1, 0.15) is 12.1 Å². The fraction of sp³-hybridized carbons (Fsp3) is 0.385. The topological polar surface area (TPSA) is 86.1 Å². The van der Waals surface area contributed by atoms with Crippen LogP contribution in [0, 0.1) is 0 Å². The predicted molar refractivity (Wildman–Crippen MR) is 74.1 cm³/mol. The van der Waals surface area contributed by atoms with E-state index >= 15 is 0 Å². The molecule has 0 radical (unpaired) electrons. The van der Waals surface area contributed by atoms with Gasteiger partial charge in [-0.3, -0.25) is 14.2 Å². The zero-order chi connectivity index (χ0) is 17.0. The molecule has 2 rings (SSSR count). The second kappa shape index (κ2) is 6.73. The van der Waals surface area contributed by atoms with Crippen LogP contribution in [0.15, 0.2) is 23.1 Å². The van der Waals surface area contributed by atoms with Gasteiger partial charge in [0, 0.05) is 13.3 Å². The summed E-state index contributed by atoms with van der Waals surface area (Å²) in [6.45, 7) is -1.29. The number of carbonyl (C=O) groups excluding carboxylic acids is 1. The highest BCUT2D eigenvalue weighted by atomic mass is 19.4. The Bertz CT molecular complexity index is 773. The van der Waals surface area contributed by atoms with Crippen molar-refractivity contribution >= 4 is 17.1 Å². The minimum Gasteiger partial charge on any atom is -0.383 e. The maximum absolute atomic E-state index is 12.3. The predicted octanol–water partition coefficient (Wildman–Crippen LogP) is 0.730. The van der Waals surface area contributed by atoms with E-state index in [0.717, 1.165) is 4.57 Å². The number of methoxy groups -OCH3 is 1. The van der Waals surface area contributed by atoms with Crippen LogP contribution in [-0.4, -0.2) is 46.9 Å². The number of carbonyl (C=O) groups is 1. The molecular weight excluding hydrogens is 317 g/mol. The normalized spacial score (nSPS) is 11.7. The van der Waals surface area contributed by atoms with E-state index in [4.69, 9.17) is 4.74 Å². The molecule has 0 atom stereocenters. The van der Waals surface area contributed by atoms with Crippen molar-refractivity contribution in [3.05, 3.63) is 34.4 Å². The Morgan fingerprint density at radius 2 is 2.17 bits per heavy atom. The van der Waals surface area contributed by atoms with E-state index in [1.54, 1.807) is 5.32 Å². The largest absolute Gasteiger partial charge is 0.405 e. The zero-order valence-electron chi connectivity index (χ0n) is 12.1. The van der Waals surface area contributed by atoms with Gasteiger partial charge in [-0.1, -0.05) is 0 Å². The van der Waals surface area contributed by atoms with Crippen molar-refractivity contribution in [2.45, 2.75) is 12.7 Å². The maximum atomic E-state index is 12.3. The Labute approximate surface area is 128 Å². The highest BCUT2D eigenvalue weighted by Gasteiger charge is 2.29. The molecule has 10 heteroatoms. The van der Waals surface area contributed by atoms with Crippen LogP contribution in [0.2, 0.25) is 0 Å². The molecule has 0 aromatic carbocycles. The third kappa shape index (κ3) is 4.03. The second-order valence-electron chi connectivity index (χ2n) is 4.55. The molecule has 2 aromatic heterocycles. The van der Waals surface area contributed by atoms with Gasteiger partial charge in [-0.2, -0.15) is 13.2 Å². The van der Waals surface area contributed by atoms with Crippen molar-refractivity contribution in [2.24, 2.45) is 0 Å². The Balaban J connectivity index is 2.46. The van der Waals surface area contributed by atoms with Crippen LogP contribution >= 0.6 is 0 Å². The fourth-order valence-corrected chi connectivity index (χ4v) is 1.88. The molecule has 124 valence electrons. The first-order valence-corrected chi connectivity index (χ1v) is 6.53. The van der Waals surface area contributed by atoms with Crippen LogP contribution < -0.4 is 10.9 Å². The third-order valence-corrected chi connectivity index (χ3v) is 2.89. The molecule has 0 aliphatic carbocycles. The van der Waals surface area contributed by atoms with E-state index in [2.05, 4.69) is 9.97 Å². The van der Waals surface area contributed by atoms with Gasteiger partial charge in [-0.25, -0.2) is 9.97 Å². The molecule has 0 aliphatic heterocycles. The SMILES string of the molecule is COCCn1c(=O)c(C(=O)NCC(F)(F)F)nc2cccnc21. The maximum Gasteiger partial charge on any atom is 0.405 e. The summed E-state index contributed by atoms with van der Waals surface area (Å²) in [7, 11) is 1.43. The van der Waals surface area contributed by atoms with Crippen LogP contribution in [0.25, 0.3) is 11.2 Å². The standard InChI is InChI=1S/C13H13F3N4O3/c1-23-6-5-20-10-8(3-2-4-17-10)19-9(12(20)22)11(21)18-7-13(14,15)16/h2-4H,5-7H2,1H3,(H,18,21). The van der Waals surface area contributed by atoms with Crippen molar-refractivity contribution in [3.8, 4) is 0 Å². The number of rotatable bonds is 5. The van der Waals surface area contributed by atoms with Crippen molar-refractivity contribution in [2.75, 3.05) is 20.3 Å². The number of pyridine rings is 1. The number of amides is 1. The van der Waals surface area contributed by atoms with Crippen LogP contribution in [0.3, 0.4) is 0 Å². The molecule has 0 bridgehead atoms. The number of nitrogens with one attached hydrogen (secondary N) is 1. The van der Waals surface area contributed by atoms with Crippen molar-refractivity contribution < 1.29 is 22.7 Å². The highest BCUT2D eigenvalue weighted by Crippen LogP contribution is 2.12. The van der Waals surface area contributed by atoms with Gasteiger partial charge >= 0.3 is 6.18 Å². The summed E-state index contributed by atoms with van der Waals surface area (Å²) >= 11 is 0. The summed E-state index contributed by atoms with van der Waals surface area (Å²) in [5, 5.41) is 1.64. The lowest BCUT2D eigenvalue weighted by atomic mass is 10.3. The number of ether oxygens (including phenoxy) is 1. The number of aromatic nitrogens is 3. The molecule has 7 nitrogen and oxygen atoms in total. The zero-order valence-corrected chi connectivity index (χ0v) is 12.1. The van der Waals surface area contributed by atoms with Gasteiger partial charge in [0.15, 0.2) is 11.3 Å². The molecule has 0 aliphatic rings. The lowest BCUT2D eigenvalue weighted by Gasteiger charge is -2.11. The third-order valence-electron chi connectivity index (χ3n) is 2.89. The minimum atomic E-state index is -4.58. The molecule has 2 heterocycles. The lowest BCUT2D eigenvalue weighted by molar-refractivity contribution is -0.123. The monoisotopic (exact) mass is 330 g/mol. The summed E-state index contributed by atoms with van der Waals surface area (Å²) in [6.07, 6.45) is -3.14. The second-order valence-corrected chi connectivity index (χ2v) is 4.55. The summed E-state index contributed by atoms with van der Waals surface area (Å²) in [5.41, 5.74) is -0.999. The van der Waals surface area contributed by atoms with Crippen LogP contribution in [0.5, 0.6) is 0 Å². The van der Waals surface area contributed by atoms with E-state index in [-0.39, 0.29) is 24.3 Å². The number of halogens is 3. The molecule has 23 heavy (non-hydrogen) atoms. The molecule has 1 N–H and O–H groups in total. The number of hydrogen-bond acceptors (Lipinski definition) is 5. The lowest BCUT2D eigenvalue weighted by Crippen LogP contribution is -2.39. The molecule has 2 aromatic rings. The number of fused-ring (bicyclic) bond motifs is 1. The molecule has 0 fully saturated rings. The first kappa shape index (κ1) is 16.9.